The first-order chi connectivity index (χ1) is 8.78. The molecule has 0 saturated carbocycles. The molecule has 0 aliphatic rings. The number of nitrogens with two attached hydrogens (primary N) is 1. The fraction of sp³-hybridized carbons (Fsp3) is 0.214. The minimum Gasteiger partial charge on any atom is -0.493 e. The Balaban J connectivity index is 2.15. The molecule has 4 heteroatoms. The third-order valence-corrected chi connectivity index (χ3v) is 3.16. The van der Waals surface area contributed by atoms with E-state index in [-0.39, 0.29) is 0 Å². The van der Waals surface area contributed by atoms with Crippen molar-refractivity contribution in [1.29, 1.82) is 0 Å². The van der Waals surface area contributed by atoms with Crippen molar-refractivity contribution in [3.05, 3.63) is 42.6 Å². The number of hydrogen-bond donors (Lipinski definition) is 1. The Labute approximate surface area is 111 Å². The molecule has 0 bridgehead atoms. The molecule has 2 N–H and O–H groups in total. The van der Waals surface area contributed by atoms with Gasteiger partial charge in [-0.15, -0.1) is 0 Å². The van der Waals surface area contributed by atoms with Crippen LogP contribution in [0.1, 0.15) is 13.3 Å². The van der Waals surface area contributed by atoms with Gasteiger partial charge in [-0.25, -0.2) is 4.98 Å². The quantitative estimate of drug-likeness (QED) is 0.834. The van der Waals surface area contributed by atoms with Gasteiger partial charge < -0.3 is 10.5 Å². The smallest absolute Gasteiger partial charge is 0.122 e. The van der Waals surface area contributed by atoms with Gasteiger partial charge in [0.2, 0.25) is 0 Å². The Bertz CT molecular complexity index is 502. The molecule has 0 amide bonds. The van der Waals surface area contributed by atoms with Gasteiger partial charge in [-0.2, -0.15) is 0 Å². The monoisotopic (exact) mass is 260 g/mol. The van der Waals surface area contributed by atoms with Crippen LogP contribution in [0.5, 0.6) is 5.75 Å². The number of rotatable bonds is 5. The van der Waals surface area contributed by atoms with Gasteiger partial charge >= 0.3 is 0 Å². The van der Waals surface area contributed by atoms with Gasteiger partial charge in [-0.05, 0) is 30.7 Å². The topological polar surface area (TPSA) is 48.1 Å². The van der Waals surface area contributed by atoms with Crippen molar-refractivity contribution < 1.29 is 4.74 Å². The summed E-state index contributed by atoms with van der Waals surface area (Å²) in [6.07, 6.45) is 2.76. The molecule has 18 heavy (non-hydrogen) atoms. The number of aromatic nitrogens is 1. The normalized spacial score (nSPS) is 10.3. The van der Waals surface area contributed by atoms with Crippen LogP contribution in [0.2, 0.25) is 0 Å². The van der Waals surface area contributed by atoms with E-state index < -0.39 is 0 Å². The van der Waals surface area contributed by atoms with Gasteiger partial charge in [0.15, 0.2) is 0 Å². The second kappa shape index (κ2) is 6.31. The Hall–Kier alpha value is -1.68. The molecule has 0 radical (unpaired) electrons. The lowest BCUT2D eigenvalue weighted by Crippen LogP contribution is -1.96. The van der Waals surface area contributed by atoms with Crippen LogP contribution >= 0.6 is 11.8 Å². The van der Waals surface area contributed by atoms with Gasteiger partial charge in [0.25, 0.3) is 0 Å². The van der Waals surface area contributed by atoms with Crippen molar-refractivity contribution in [3.63, 3.8) is 0 Å². The fourth-order valence-electron chi connectivity index (χ4n) is 1.48. The summed E-state index contributed by atoms with van der Waals surface area (Å²) in [6, 6.07) is 11.6. The SMILES string of the molecule is CCCOc1cc(N)cc(Sc2ccccn2)c1. The van der Waals surface area contributed by atoms with Crippen molar-refractivity contribution in [1.82, 2.24) is 4.98 Å². The highest BCUT2D eigenvalue weighted by Gasteiger charge is 2.03. The number of hydrogen-bond acceptors (Lipinski definition) is 4. The van der Waals surface area contributed by atoms with Crippen molar-refractivity contribution in [3.8, 4) is 5.75 Å². The molecule has 0 saturated heterocycles. The Kier molecular flexibility index (Phi) is 4.47. The van der Waals surface area contributed by atoms with Crippen LogP contribution < -0.4 is 10.5 Å². The first-order valence-electron chi connectivity index (χ1n) is 5.90. The fourth-order valence-corrected chi connectivity index (χ4v) is 2.36. The molecule has 2 rings (SSSR count). The number of nitrogens with zero attached hydrogens (tertiary/aromatic N) is 1. The van der Waals surface area contributed by atoms with E-state index in [4.69, 9.17) is 10.5 Å². The van der Waals surface area contributed by atoms with E-state index in [0.717, 1.165) is 22.1 Å². The second-order valence-corrected chi connectivity index (χ2v) is 4.95. The van der Waals surface area contributed by atoms with E-state index >= 15 is 0 Å². The lowest BCUT2D eigenvalue weighted by atomic mass is 10.3. The summed E-state index contributed by atoms with van der Waals surface area (Å²) in [5.41, 5.74) is 6.58. The zero-order valence-corrected chi connectivity index (χ0v) is 11.1. The van der Waals surface area contributed by atoms with Gasteiger partial charge in [0, 0.05) is 22.8 Å². The van der Waals surface area contributed by atoms with E-state index in [1.807, 2.05) is 36.4 Å². The summed E-state index contributed by atoms with van der Waals surface area (Å²) < 4.78 is 5.60. The predicted octanol–water partition coefficient (Wildman–Crippen LogP) is 3.60. The largest absolute Gasteiger partial charge is 0.493 e. The van der Waals surface area contributed by atoms with E-state index in [9.17, 15) is 0 Å². The van der Waals surface area contributed by atoms with Crippen LogP contribution in [0.4, 0.5) is 5.69 Å². The van der Waals surface area contributed by atoms with Gasteiger partial charge in [0.1, 0.15) is 10.8 Å². The number of ether oxygens (including phenoxy) is 1. The Morgan fingerprint density at radius 2 is 2.17 bits per heavy atom. The van der Waals surface area contributed by atoms with E-state index in [1.54, 1.807) is 18.0 Å². The molecule has 1 aromatic carbocycles. The Morgan fingerprint density at radius 3 is 2.89 bits per heavy atom. The molecule has 94 valence electrons. The maximum Gasteiger partial charge on any atom is 0.122 e. The molecule has 1 aromatic heterocycles. The minimum absolute atomic E-state index is 0.706. The molecular formula is C14H16N2OS. The highest BCUT2D eigenvalue weighted by Crippen LogP contribution is 2.31. The molecular weight excluding hydrogens is 244 g/mol. The van der Waals surface area contributed by atoms with Crippen LogP contribution in [0.15, 0.2) is 52.5 Å². The maximum absolute atomic E-state index is 5.87. The van der Waals surface area contributed by atoms with Crippen molar-refractivity contribution in [2.24, 2.45) is 0 Å². The first kappa shape index (κ1) is 12.8. The number of benzene rings is 1. The van der Waals surface area contributed by atoms with E-state index in [0.29, 0.717) is 12.3 Å². The molecule has 0 fully saturated rings. The van der Waals surface area contributed by atoms with Crippen molar-refractivity contribution >= 4 is 17.4 Å². The summed E-state index contributed by atoms with van der Waals surface area (Å²) in [7, 11) is 0. The van der Waals surface area contributed by atoms with E-state index in [1.165, 1.54) is 0 Å². The molecule has 0 aliphatic heterocycles. The molecule has 0 unspecified atom stereocenters. The van der Waals surface area contributed by atoms with Crippen LogP contribution in [0.3, 0.4) is 0 Å². The molecule has 0 atom stereocenters. The third-order valence-electron chi connectivity index (χ3n) is 2.24. The lowest BCUT2D eigenvalue weighted by Gasteiger charge is -2.08. The molecule has 3 nitrogen and oxygen atoms in total. The highest BCUT2D eigenvalue weighted by atomic mass is 32.2. The van der Waals surface area contributed by atoms with E-state index in [2.05, 4.69) is 11.9 Å². The lowest BCUT2D eigenvalue weighted by molar-refractivity contribution is 0.317. The standard InChI is InChI=1S/C14H16N2OS/c1-2-7-17-12-8-11(15)9-13(10-12)18-14-5-3-4-6-16-14/h3-6,8-10H,2,7,15H2,1H3. The summed E-state index contributed by atoms with van der Waals surface area (Å²) >= 11 is 1.58. The minimum atomic E-state index is 0.706. The number of nitrogen functional groups attached to an aromatic ring is 1. The molecule has 2 aromatic rings. The highest BCUT2D eigenvalue weighted by molar-refractivity contribution is 7.99. The van der Waals surface area contributed by atoms with Crippen molar-refractivity contribution in [2.75, 3.05) is 12.3 Å². The van der Waals surface area contributed by atoms with Gasteiger partial charge in [0.05, 0.1) is 6.61 Å². The number of anilines is 1. The summed E-state index contributed by atoms with van der Waals surface area (Å²) in [4.78, 5) is 5.32. The summed E-state index contributed by atoms with van der Waals surface area (Å²) in [6.45, 7) is 2.78. The van der Waals surface area contributed by atoms with Crippen LogP contribution in [0.25, 0.3) is 0 Å². The second-order valence-electron chi connectivity index (χ2n) is 3.86. The molecule has 0 spiro atoms. The van der Waals surface area contributed by atoms with Crippen LogP contribution in [-0.4, -0.2) is 11.6 Å². The zero-order chi connectivity index (χ0) is 12.8. The summed E-state index contributed by atoms with van der Waals surface area (Å²) in [5, 5.41) is 0.949. The summed E-state index contributed by atoms with van der Waals surface area (Å²) in [5.74, 6) is 0.815. The maximum atomic E-state index is 5.87. The zero-order valence-electron chi connectivity index (χ0n) is 10.3. The average molecular weight is 260 g/mol. The molecule has 1 heterocycles. The average Bonchev–Trinajstić information content (AvgIpc) is 2.37. The van der Waals surface area contributed by atoms with Crippen molar-refractivity contribution in [2.45, 2.75) is 23.3 Å². The van der Waals surface area contributed by atoms with Crippen LogP contribution in [0, 0.1) is 0 Å². The predicted molar refractivity (Wildman–Crippen MR) is 75.0 cm³/mol. The Morgan fingerprint density at radius 1 is 1.28 bits per heavy atom. The third kappa shape index (κ3) is 3.67. The van der Waals surface area contributed by atoms with Gasteiger partial charge in [-0.1, -0.05) is 24.8 Å². The van der Waals surface area contributed by atoms with Gasteiger partial charge in [-0.3, -0.25) is 0 Å². The first-order valence-corrected chi connectivity index (χ1v) is 6.72. The van der Waals surface area contributed by atoms with Crippen LogP contribution in [-0.2, 0) is 0 Å². The molecule has 0 aliphatic carbocycles. The number of pyridine rings is 1.